The topological polar surface area (TPSA) is 471 Å². The second-order valence-corrected chi connectivity index (χ2v) is 32.3. The van der Waals surface area contributed by atoms with Crippen molar-refractivity contribution in [2.45, 2.75) is 45.3 Å². The number of nitrogens with zero attached hydrogens (tertiary/aromatic N) is 8. The minimum Gasteiger partial charge on any atom is -0.748 e. The van der Waals surface area contributed by atoms with Gasteiger partial charge < -0.3 is 48.1 Å². The third-order valence-electron chi connectivity index (χ3n) is 12.2. The quantitative estimate of drug-likeness (QED) is 0.0757. The van der Waals surface area contributed by atoms with Gasteiger partial charge in [-0.15, -0.1) is 0 Å². The fourth-order valence-corrected chi connectivity index (χ4v) is 17.8. The first-order chi connectivity index (χ1) is 37.1. The zero-order chi connectivity index (χ0) is 58.2. The molecule has 81 heavy (non-hydrogen) atoms. The average Bonchev–Trinajstić information content (AvgIpc) is 4.20. The fourth-order valence-electron chi connectivity index (χ4n) is 8.90. The Bertz CT molecular complexity index is 4620. The molecule has 0 aliphatic carbocycles. The van der Waals surface area contributed by atoms with Gasteiger partial charge in [0.1, 0.15) is 0 Å². The molecule has 5 heterocycles. The zero-order valence-corrected chi connectivity index (χ0v) is 48.2. The molecule has 0 N–H and O–H groups in total. The van der Waals surface area contributed by atoms with Crippen LogP contribution in [-0.4, -0.2) is 161 Å². The van der Waals surface area contributed by atoms with Gasteiger partial charge >= 0.3 is 17.1 Å². The number of rotatable bonds is 20. The Balaban J connectivity index is 0.00000860. The monoisotopic (exact) mass is 1310 g/mol. The van der Waals surface area contributed by atoms with Gasteiger partial charge in [-0.2, -0.15) is 0 Å². The summed E-state index contributed by atoms with van der Waals surface area (Å²) in [6.07, 6.45) is -2.67. The van der Waals surface area contributed by atoms with Crippen molar-refractivity contribution < 1.29 is 103 Å². The molecule has 4 aromatic carbocycles. The van der Waals surface area contributed by atoms with Crippen molar-refractivity contribution in [3.8, 4) is 45.6 Å². The van der Waals surface area contributed by atoms with E-state index in [0.29, 0.717) is 0 Å². The molecule has 0 amide bonds. The Hall–Kier alpha value is -5.80. The van der Waals surface area contributed by atoms with E-state index in [-0.39, 0.29) is 60.9 Å². The normalized spacial score (nSPS) is 13.5. The van der Waals surface area contributed by atoms with Gasteiger partial charge in [-0.25, -0.2) is 77.3 Å². The van der Waals surface area contributed by atoms with E-state index in [0.717, 1.165) is 24.3 Å². The Morgan fingerprint density at radius 1 is 0.321 bits per heavy atom. The first-order valence-corrected chi connectivity index (χ1v) is 35.9. The molecule has 8 bridgehead atoms. The number of sulfone groups is 4. The van der Waals surface area contributed by atoms with Gasteiger partial charge in [-0.3, -0.25) is 0 Å². The molecule has 0 fully saturated rings. The molecule has 0 spiro atoms. The molecule has 2 aliphatic heterocycles. The molecule has 0 saturated carbocycles. The van der Waals surface area contributed by atoms with Crippen molar-refractivity contribution in [1.82, 2.24) is 39.9 Å². The number of aromatic nitrogens is 8. The maximum atomic E-state index is 14.2. The second kappa shape index (κ2) is 22.1. The Morgan fingerprint density at radius 3 is 0.901 bits per heavy atom. The summed E-state index contributed by atoms with van der Waals surface area (Å²) in [5, 5.41) is -0.934. The van der Waals surface area contributed by atoms with Crippen molar-refractivity contribution in [3.63, 3.8) is 0 Å². The molecule has 0 atom stereocenters. The average molecular weight is 1320 g/mol. The molecule has 37 heteroatoms. The zero-order valence-electron chi connectivity index (χ0n) is 40.7. The van der Waals surface area contributed by atoms with E-state index < -0.39 is 217 Å². The summed E-state index contributed by atoms with van der Waals surface area (Å²) in [6.45, 7) is 0. The molecule has 0 saturated heterocycles. The van der Waals surface area contributed by atoms with Crippen molar-refractivity contribution in [2.75, 3.05) is 46.0 Å². The Labute approximate surface area is 472 Å². The summed E-state index contributed by atoms with van der Waals surface area (Å²) in [4.78, 5) is 34.5. The molecule has 28 nitrogen and oxygen atoms in total. The SMILES string of the molecule is O=S(=O)([O-])CCCS(=O)(=O)c1cccc2c1-c1nc-2nc2[n-]c(nc3nc(nc4[n-]c(n1)c1cccc(S(=O)(=O)CCCS(=O)(=O)[O-])c41)-c1cccc(S(=O)(=O)CCCS(=O)(=O)[O-])c1-3)c1cccc(S(=O)(=O)CCCS(=O)(=O)[O-])c21.[Cu+2]. The minimum absolute atomic E-state index is 0. The van der Waals surface area contributed by atoms with Crippen LogP contribution in [0.3, 0.4) is 0 Å². The predicted molar refractivity (Wildman–Crippen MR) is 279 cm³/mol. The third-order valence-corrected chi connectivity index (χ3v) is 22.7. The van der Waals surface area contributed by atoms with Gasteiger partial charge in [0.25, 0.3) is 0 Å². The summed E-state index contributed by atoms with van der Waals surface area (Å²) >= 11 is 0. The predicted octanol–water partition coefficient (Wildman–Crippen LogP) is 0.961. The molecule has 7 aromatic rings. The van der Waals surface area contributed by atoms with E-state index in [9.17, 15) is 85.6 Å². The largest absolute Gasteiger partial charge is 2.00 e. The number of fused-ring (bicyclic) bond motifs is 20. The number of hydrogen-bond donors (Lipinski definition) is 0. The van der Waals surface area contributed by atoms with E-state index >= 15 is 0 Å². The molecule has 9 rings (SSSR count). The third kappa shape index (κ3) is 13.4. The Kier molecular flexibility index (Phi) is 16.7. The smallest absolute Gasteiger partial charge is 0.748 e. The van der Waals surface area contributed by atoms with Gasteiger partial charge in [0.2, 0.25) is 0 Å². The van der Waals surface area contributed by atoms with Crippen LogP contribution in [0.2, 0.25) is 0 Å². The van der Waals surface area contributed by atoms with Crippen LogP contribution in [0.4, 0.5) is 0 Å². The van der Waals surface area contributed by atoms with Crippen molar-refractivity contribution in [3.05, 3.63) is 72.8 Å². The summed E-state index contributed by atoms with van der Waals surface area (Å²) in [5.41, 5.74) is -2.85. The van der Waals surface area contributed by atoms with E-state index in [1.54, 1.807) is 0 Å². The first-order valence-electron chi connectivity index (χ1n) is 23.0. The van der Waals surface area contributed by atoms with Gasteiger partial charge in [-0.1, -0.05) is 48.5 Å². The van der Waals surface area contributed by atoms with Crippen LogP contribution in [0.5, 0.6) is 0 Å². The number of benzene rings is 4. The van der Waals surface area contributed by atoms with Crippen LogP contribution >= 0.6 is 0 Å². The molecular weight excluding hydrogens is 1280 g/mol. The van der Waals surface area contributed by atoms with E-state index in [1.807, 2.05) is 0 Å². The van der Waals surface area contributed by atoms with Crippen molar-refractivity contribution in [1.29, 1.82) is 0 Å². The van der Waals surface area contributed by atoms with Gasteiger partial charge in [0.15, 0.2) is 39.3 Å². The maximum absolute atomic E-state index is 14.2. The molecule has 435 valence electrons. The molecule has 0 unspecified atom stereocenters. The van der Waals surface area contributed by atoms with Gasteiger partial charge in [-0.05, 0) is 60.7 Å². The van der Waals surface area contributed by atoms with Crippen LogP contribution in [0, 0.1) is 0 Å². The second-order valence-electron chi connectivity index (χ2n) is 17.9. The summed E-state index contributed by atoms with van der Waals surface area (Å²) in [5.74, 6) is -9.87. The van der Waals surface area contributed by atoms with E-state index in [1.165, 1.54) is 48.5 Å². The van der Waals surface area contributed by atoms with E-state index in [4.69, 9.17) is 0 Å². The van der Waals surface area contributed by atoms with Gasteiger partial charge in [0.05, 0.1) is 106 Å². The first kappa shape index (κ1) is 61.3. The fraction of sp³-hybridized carbons (Fsp3) is 0.273. The van der Waals surface area contributed by atoms with Crippen LogP contribution < -0.4 is 9.97 Å². The van der Waals surface area contributed by atoms with Crippen LogP contribution in [0.1, 0.15) is 25.7 Å². The van der Waals surface area contributed by atoms with Crippen molar-refractivity contribution in [2.24, 2.45) is 0 Å². The van der Waals surface area contributed by atoms with Crippen LogP contribution in [0.25, 0.3) is 89.7 Å². The summed E-state index contributed by atoms with van der Waals surface area (Å²) in [6, 6.07) is 14.6. The van der Waals surface area contributed by atoms with Crippen LogP contribution in [-0.2, 0) is 96.9 Å². The maximum Gasteiger partial charge on any atom is 2.00 e. The molecular formula is C44H36CuN8O20S8-4. The van der Waals surface area contributed by atoms with Gasteiger partial charge in [0, 0.05) is 78.6 Å². The summed E-state index contributed by atoms with van der Waals surface area (Å²) in [7, 11) is -38.0. The van der Waals surface area contributed by atoms with Crippen molar-refractivity contribution >= 4 is 124 Å². The molecule has 2 aliphatic rings. The van der Waals surface area contributed by atoms with E-state index in [2.05, 4.69) is 39.9 Å². The standard InChI is InChI=1S/C44H40N8O20S8.Cu/c53-73(54,17-5-21-77(61,62)63)29-13-1-9-25-33(29)41-45-37(25)49-42-34-26(10-2-14-30(34)74(55,56)18-6-22-78(64,65)66)39(46-42)51-44-36-28(12-4-16-32(36)76(59,60)20-8-24-80(70,71)72)40(48-44)52-43-35-27(38(47-43)50-41)11-3-15-31(35)75(57,58)19-7-23-79(67,68)69;/h1-4,9-16H,5-8,17-24H2,(H4-2,45,46,47,48,49,50,51,52,61,62,63,64,65,66,67,68,69,70,71,72);/q-2;+2/p-4. The number of hydrogen-bond acceptors (Lipinski definition) is 26. The summed E-state index contributed by atoms with van der Waals surface area (Å²) < 4.78 is 252. The van der Waals surface area contributed by atoms with Crippen LogP contribution in [0.15, 0.2) is 92.4 Å². The molecule has 1 radical (unpaired) electrons. The minimum atomic E-state index is -4.90. The Morgan fingerprint density at radius 2 is 0.593 bits per heavy atom. The molecule has 3 aromatic heterocycles.